The van der Waals surface area contributed by atoms with Gasteiger partial charge in [-0.15, -0.1) is 21.0 Å². The molecule has 33 heteroatoms. The molecule has 1 unspecified atom stereocenters. The first-order valence-electron chi connectivity index (χ1n) is 9.01. The third-order valence-electron chi connectivity index (χ3n) is 2.09. The Labute approximate surface area is 237 Å². The molecule has 11 N–H and O–H groups in total. The summed E-state index contributed by atoms with van der Waals surface area (Å²) < 4.78 is 114. The molecule has 0 heterocycles. The molecule has 0 amide bonds. The lowest BCUT2D eigenvalue weighted by atomic mass is 10.2. The summed E-state index contributed by atoms with van der Waals surface area (Å²) in [7, 11) is -31.1. The highest BCUT2D eigenvalue weighted by molar-refractivity contribution is 7.46. The fourth-order valence-electron chi connectivity index (χ4n) is 1.38. The van der Waals surface area contributed by atoms with Crippen LogP contribution in [0.1, 0.15) is 13.8 Å². The summed E-state index contributed by atoms with van der Waals surface area (Å²) in [6.45, 7) is 6.00. The van der Waals surface area contributed by atoms with Crippen LogP contribution in [0.25, 0.3) is 4.98 Å². The number of hydrogen-bond acceptors (Lipinski definition) is 9. The molecular formula is C10H25F6N3O18P6. The van der Waals surface area contributed by atoms with Gasteiger partial charge in [0.05, 0.1) is 0 Å². The van der Waals surface area contributed by atoms with Crippen molar-refractivity contribution in [2.45, 2.75) is 13.8 Å². The van der Waals surface area contributed by atoms with Crippen LogP contribution in [-0.4, -0.2) is 66.9 Å². The van der Waals surface area contributed by atoms with Gasteiger partial charge in [-0.25, -0.2) is 22.8 Å². The lowest BCUT2D eigenvalue weighted by Gasteiger charge is -2.18. The molecule has 0 bridgehead atoms. The Morgan fingerprint density at radius 1 is 0.628 bits per heavy atom. The van der Waals surface area contributed by atoms with Crippen LogP contribution >= 0.6 is 47.4 Å². The SMILES string of the molecule is CCN(CC)c1ccccc1[N+]#N.O=P(O)(O)F.O=P(O)(O)F.O=P(O)(O)F.O=P(O)(O)F.O=P(O)(O)F.O=P([O-])(O)F. The summed E-state index contributed by atoms with van der Waals surface area (Å²) in [5.41, 5.74) is 1.61. The third-order valence-corrected chi connectivity index (χ3v) is 2.09. The Bertz CT molecular complexity index is 995. The van der Waals surface area contributed by atoms with E-state index in [1.807, 2.05) is 18.2 Å². The van der Waals surface area contributed by atoms with Crippen molar-refractivity contribution >= 4 is 58.8 Å². The van der Waals surface area contributed by atoms with Crippen LogP contribution < -0.4 is 9.79 Å². The highest BCUT2D eigenvalue weighted by Crippen LogP contribution is 2.36. The van der Waals surface area contributed by atoms with Crippen LogP contribution in [0, 0.1) is 5.39 Å². The predicted molar refractivity (Wildman–Crippen MR) is 131 cm³/mol. The number of para-hydroxylation sites is 1. The second-order valence-corrected chi connectivity index (χ2v) is 11.2. The number of benzene rings is 1. The number of diazo groups is 1. The molecule has 1 rings (SSSR count). The van der Waals surface area contributed by atoms with Crippen molar-refractivity contribution in [3.63, 3.8) is 0 Å². The minimum Gasteiger partial charge on any atom is -0.753 e. The van der Waals surface area contributed by atoms with E-state index in [9.17, 15) is 25.2 Å². The first kappa shape index (κ1) is 54.4. The van der Waals surface area contributed by atoms with E-state index in [0.29, 0.717) is 5.69 Å². The number of nitrogens with zero attached hydrogens (tertiary/aromatic N) is 3. The standard InChI is InChI=1S/C10H14N3.6FH2O3P/c1-3-13(4-2)10-8-6-5-7-9(10)12-11;6*1-5(2,3)4/h5-8H,3-4H2,1-2H3;6*(H2,2,3,4)/q+1;;;;;;/p-1. The second-order valence-electron chi connectivity index (χ2n) is 5.58. The van der Waals surface area contributed by atoms with E-state index >= 15 is 0 Å². The van der Waals surface area contributed by atoms with Crippen LogP contribution in [0.2, 0.25) is 0 Å². The summed E-state index contributed by atoms with van der Waals surface area (Å²) in [6.07, 6.45) is 0. The monoisotopic (exact) mass is 775 g/mol. The summed E-state index contributed by atoms with van der Waals surface area (Å²) in [5, 5.41) is 8.76. The maximum Gasteiger partial charge on any atom is 0.507 e. The van der Waals surface area contributed by atoms with E-state index in [-0.39, 0.29) is 0 Å². The van der Waals surface area contributed by atoms with Crippen LogP contribution in [0.4, 0.5) is 36.6 Å². The number of rotatable bonds is 3. The van der Waals surface area contributed by atoms with Crippen LogP contribution in [0.3, 0.4) is 0 Å². The van der Waals surface area contributed by atoms with Gasteiger partial charge < -0.3 is 14.7 Å². The molecule has 0 saturated carbocycles. The Hall–Kier alpha value is -1.08. The van der Waals surface area contributed by atoms with Gasteiger partial charge in [-0.05, 0) is 19.9 Å². The average Bonchev–Trinajstić information content (AvgIpc) is 2.61. The highest BCUT2D eigenvalue weighted by Gasteiger charge is 2.16. The molecule has 0 fully saturated rings. The summed E-state index contributed by atoms with van der Waals surface area (Å²) in [6, 6.07) is 7.57. The van der Waals surface area contributed by atoms with Gasteiger partial charge in [0.15, 0.2) is 4.98 Å². The molecule has 21 nitrogen and oxygen atoms in total. The van der Waals surface area contributed by atoms with E-state index in [0.717, 1.165) is 18.8 Å². The Balaban J connectivity index is -0.0000000985. The normalized spacial score (nSPS) is 12.2. The zero-order valence-corrected chi connectivity index (χ0v) is 26.2. The Morgan fingerprint density at radius 3 is 0.977 bits per heavy atom. The van der Waals surface area contributed by atoms with Crippen molar-refractivity contribution in [1.82, 2.24) is 0 Å². The van der Waals surface area contributed by atoms with Crippen LogP contribution in [0.15, 0.2) is 24.3 Å². The topological polar surface area (TPSA) is 379 Å². The Kier molecular flexibility index (Phi) is 31.8. The zero-order valence-electron chi connectivity index (χ0n) is 20.8. The maximum absolute atomic E-state index is 10.4. The van der Waals surface area contributed by atoms with Crippen molar-refractivity contribution < 1.29 is 111 Å². The van der Waals surface area contributed by atoms with Gasteiger partial charge in [-0.2, -0.15) is 4.20 Å². The molecule has 0 aliphatic carbocycles. The summed E-state index contributed by atoms with van der Waals surface area (Å²) in [5.74, 6) is 0. The van der Waals surface area contributed by atoms with Gasteiger partial charge in [-0.3, -0.25) is 53.5 Å². The lowest BCUT2D eigenvalue weighted by molar-refractivity contribution is -0.206. The maximum atomic E-state index is 10.4. The van der Waals surface area contributed by atoms with E-state index in [1.54, 1.807) is 6.07 Å². The molecule has 260 valence electrons. The largest absolute Gasteiger partial charge is 0.753 e. The third kappa shape index (κ3) is 156. The molecule has 0 spiro atoms. The molecule has 1 aromatic carbocycles. The quantitative estimate of drug-likeness (QED) is 0.119. The van der Waals surface area contributed by atoms with E-state index in [2.05, 4.69) is 23.7 Å². The highest BCUT2D eigenvalue weighted by atomic mass is 31.2. The van der Waals surface area contributed by atoms with E-state index < -0.39 is 47.4 Å². The van der Waals surface area contributed by atoms with E-state index in [4.69, 9.17) is 91.5 Å². The predicted octanol–water partition coefficient (Wildman–Crippen LogP) is 2.68. The number of halogens is 6. The van der Waals surface area contributed by atoms with Crippen LogP contribution in [0.5, 0.6) is 0 Å². The molecule has 0 saturated heterocycles. The molecular weight excluding hydrogens is 750 g/mol. The molecule has 1 aromatic rings. The minimum absolute atomic E-state index is 0.631. The van der Waals surface area contributed by atoms with Gasteiger partial charge >= 0.3 is 53.1 Å². The fourth-order valence-corrected chi connectivity index (χ4v) is 1.38. The Morgan fingerprint density at radius 2 is 0.814 bits per heavy atom. The molecule has 0 aromatic heterocycles. The van der Waals surface area contributed by atoms with Gasteiger partial charge in [-0.1, -0.05) is 12.1 Å². The van der Waals surface area contributed by atoms with Crippen LogP contribution in [-0.2, 0) is 27.4 Å². The number of anilines is 1. The molecule has 1 atom stereocenters. The van der Waals surface area contributed by atoms with Crippen molar-refractivity contribution in [1.29, 1.82) is 5.39 Å². The lowest BCUT2D eigenvalue weighted by Crippen LogP contribution is -2.21. The van der Waals surface area contributed by atoms with E-state index in [1.165, 1.54) is 0 Å². The zero-order chi connectivity index (χ0) is 36.7. The molecule has 0 aliphatic rings. The smallest absolute Gasteiger partial charge is 0.507 e. The minimum atomic E-state index is -5.39. The van der Waals surface area contributed by atoms with Crippen molar-refractivity contribution in [3.8, 4) is 0 Å². The fraction of sp³-hybridized carbons (Fsp3) is 0.400. The average molecular weight is 775 g/mol. The number of hydrogen-bond donors (Lipinski definition) is 11. The van der Waals surface area contributed by atoms with Gasteiger partial charge in [0.25, 0.3) is 0 Å². The van der Waals surface area contributed by atoms with Gasteiger partial charge in [0, 0.05) is 19.2 Å². The summed E-state index contributed by atoms with van der Waals surface area (Å²) in [4.78, 5) is 90.4. The second kappa shape index (κ2) is 25.2. The van der Waals surface area contributed by atoms with Gasteiger partial charge in [0.2, 0.25) is 5.39 Å². The van der Waals surface area contributed by atoms with Gasteiger partial charge in [0.1, 0.15) is 5.69 Å². The van der Waals surface area contributed by atoms with Crippen molar-refractivity contribution in [3.05, 3.63) is 29.2 Å². The van der Waals surface area contributed by atoms with Crippen molar-refractivity contribution in [2.24, 2.45) is 0 Å². The first-order valence-corrected chi connectivity index (χ1v) is 18.0. The van der Waals surface area contributed by atoms with Crippen molar-refractivity contribution in [2.75, 3.05) is 18.0 Å². The molecule has 0 aliphatic heterocycles. The first-order chi connectivity index (χ1) is 18.3. The molecule has 43 heavy (non-hydrogen) atoms. The molecule has 0 radical (unpaired) electrons. The summed E-state index contributed by atoms with van der Waals surface area (Å²) >= 11 is 0.